The van der Waals surface area contributed by atoms with Gasteiger partial charge in [0.2, 0.25) is 5.28 Å². The van der Waals surface area contributed by atoms with E-state index in [9.17, 15) is 0 Å². The molecule has 1 fully saturated rings. The molecule has 1 aliphatic rings. The van der Waals surface area contributed by atoms with Crippen LogP contribution in [-0.4, -0.2) is 52.8 Å². The van der Waals surface area contributed by atoms with Gasteiger partial charge in [-0.25, -0.2) is 4.98 Å². The van der Waals surface area contributed by atoms with Crippen LogP contribution in [0.25, 0.3) is 11.2 Å². The van der Waals surface area contributed by atoms with Crippen LogP contribution in [-0.2, 0) is 4.74 Å². The smallest absolute Gasteiger partial charge is 0.226 e. The third-order valence-electron chi connectivity index (χ3n) is 3.45. The van der Waals surface area contributed by atoms with E-state index in [1.165, 1.54) is 0 Å². The number of imidazole rings is 1. The largest absolute Gasteiger partial charge is 0.378 e. The van der Waals surface area contributed by atoms with Crippen LogP contribution in [0.15, 0.2) is 0 Å². The Morgan fingerprint density at radius 1 is 1.35 bits per heavy atom. The van der Waals surface area contributed by atoms with Crippen molar-refractivity contribution in [1.82, 2.24) is 19.9 Å². The van der Waals surface area contributed by atoms with Crippen LogP contribution in [0.1, 0.15) is 18.7 Å². The lowest BCUT2D eigenvalue weighted by Gasteiger charge is -2.27. The molecule has 3 heterocycles. The molecule has 2 aromatic heterocycles. The molecule has 20 heavy (non-hydrogen) atoms. The van der Waals surface area contributed by atoms with Crippen molar-refractivity contribution in [3.05, 3.63) is 11.1 Å². The van der Waals surface area contributed by atoms with E-state index in [0.29, 0.717) is 25.4 Å². The molecule has 1 atom stereocenters. The van der Waals surface area contributed by atoms with E-state index in [0.717, 1.165) is 30.2 Å². The maximum atomic E-state index is 6.01. The Kier molecular flexibility index (Phi) is 3.73. The lowest BCUT2D eigenvalue weighted by molar-refractivity contribution is 0.122. The summed E-state index contributed by atoms with van der Waals surface area (Å²) in [6.45, 7) is 5.45. The molecule has 2 aromatic rings. The second-order valence-corrected chi connectivity index (χ2v) is 5.21. The molecule has 1 saturated heterocycles. The number of fused-ring (bicyclic) bond motifs is 1. The van der Waals surface area contributed by atoms with Crippen molar-refractivity contribution in [3.63, 3.8) is 0 Å². The minimum Gasteiger partial charge on any atom is -0.378 e. The molecule has 0 amide bonds. The van der Waals surface area contributed by atoms with Crippen LogP contribution >= 0.6 is 11.6 Å². The fourth-order valence-corrected chi connectivity index (χ4v) is 2.38. The van der Waals surface area contributed by atoms with Crippen LogP contribution in [0, 0.1) is 0 Å². The number of hydrogen-bond donors (Lipinski definition) is 2. The number of morpholine rings is 1. The lowest BCUT2D eigenvalue weighted by Crippen LogP contribution is -2.37. The summed E-state index contributed by atoms with van der Waals surface area (Å²) in [7, 11) is 0. The highest BCUT2D eigenvalue weighted by Crippen LogP contribution is 2.26. The van der Waals surface area contributed by atoms with Gasteiger partial charge in [0.15, 0.2) is 17.0 Å². The number of aromatic nitrogens is 4. The molecule has 0 aromatic carbocycles. The summed E-state index contributed by atoms with van der Waals surface area (Å²) in [4.78, 5) is 18.4. The quantitative estimate of drug-likeness (QED) is 0.818. The fraction of sp³-hybridized carbons (Fsp3) is 0.583. The molecule has 3 N–H and O–H groups in total. The summed E-state index contributed by atoms with van der Waals surface area (Å²) in [5, 5.41) is 0.217. The van der Waals surface area contributed by atoms with Gasteiger partial charge in [0.1, 0.15) is 5.82 Å². The van der Waals surface area contributed by atoms with Gasteiger partial charge >= 0.3 is 0 Å². The van der Waals surface area contributed by atoms with Crippen LogP contribution in [0.5, 0.6) is 0 Å². The second-order valence-electron chi connectivity index (χ2n) is 4.87. The highest BCUT2D eigenvalue weighted by Gasteiger charge is 2.20. The maximum Gasteiger partial charge on any atom is 0.226 e. The predicted octanol–water partition coefficient (Wildman–Crippen LogP) is 0.905. The van der Waals surface area contributed by atoms with E-state index in [1.54, 1.807) is 0 Å². The molecule has 0 aliphatic carbocycles. The van der Waals surface area contributed by atoms with Crippen molar-refractivity contribution in [2.75, 3.05) is 37.7 Å². The first-order valence-corrected chi connectivity index (χ1v) is 7.02. The molecule has 0 saturated carbocycles. The van der Waals surface area contributed by atoms with Crippen LogP contribution in [0.4, 0.5) is 5.82 Å². The Balaban J connectivity index is 2.07. The van der Waals surface area contributed by atoms with Crippen molar-refractivity contribution < 1.29 is 4.74 Å². The highest BCUT2D eigenvalue weighted by atomic mass is 35.5. The summed E-state index contributed by atoms with van der Waals surface area (Å²) in [6.07, 6.45) is 0. The van der Waals surface area contributed by atoms with Crippen molar-refractivity contribution in [2.45, 2.75) is 12.8 Å². The average Bonchev–Trinajstić information content (AvgIpc) is 2.90. The second kappa shape index (κ2) is 5.51. The number of aromatic amines is 1. The molecular weight excluding hydrogens is 280 g/mol. The number of ether oxygens (including phenoxy) is 1. The Bertz CT molecular complexity index is 609. The zero-order chi connectivity index (χ0) is 14.1. The number of hydrogen-bond acceptors (Lipinski definition) is 6. The van der Waals surface area contributed by atoms with Gasteiger partial charge < -0.3 is 20.4 Å². The third kappa shape index (κ3) is 2.44. The number of halogens is 1. The van der Waals surface area contributed by atoms with E-state index in [1.807, 2.05) is 6.92 Å². The molecule has 108 valence electrons. The standard InChI is InChI=1S/C12H17ClN6O/c1-7(6-14)9-15-8-10(16-9)17-12(13)18-11(8)19-2-4-20-5-3-19/h7H,2-6,14H2,1H3,(H,15,16,17,18). The molecule has 0 radical (unpaired) electrons. The molecule has 0 spiro atoms. The van der Waals surface area contributed by atoms with Gasteiger partial charge in [-0.2, -0.15) is 9.97 Å². The molecule has 0 bridgehead atoms. The van der Waals surface area contributed by atoms with E-state index >= 15 is 0 Å². The van der Waals surface area contributed by atoms with Crippen molar-refractivity contribution >= 4 is 28.6 Å². The number of nitrogens with two attached hydrogens (primary N) is 1. The van der Waals surface area contributed by atoms with E-state index < -0.39 is 0 Å². The zero-order valence-corrected chi connectivity index (χ0v) is 12.0. The Labute approximate surface area is 121 Å². The highest BCUT2D eigenvalue weighted by molar-refractivity contribution is 6.28. The SMILES string of the molecule is CC(CN)c1nc2c(N3CCOCC3)nc(Cl)nc2[nH]1. The normalized spacial score (nSPS) is 17.6. The van der Waals surface area contributed by atoms with Crippen molar-refractivity contribution in [1.29, 1.82) is 0 Å². The Morgan fingerprint density at radius 3 is 2.80 bits per heavy atom. The van der Waals surface area contributed by atoms with Gasteiger partial charge in [-0.05, 0) is 11.6 Å². The van der Waals surface area contributed by atoms with E-state index in [4.69, 9.17) is 22.1 Å². The predicted molar refractivity (Wildman–Crippen MR) is 77.2 cm³/mol. The van der Waals surface area contributed by atoms with Gasteiger partial charge in [-0.3, -0.25) is 0 Å². The molecule has 8 heteroatoms. The molecule has 7 nitrogen and oxygen atoms in total. The molecule has 1 unspecified atom stereocenters. The van der Waals surface area contributed by atoms with Gasteiger partial charge in [0, 0.05) is 25.6 Å². The van der Waals surface area contributed by atoms with Gasteiger partial charge in [-0.15, -0.1) is 0 Å². The number of anilines is 1. The summed E-state index contributed by atoms with van der Waals surface area (Å²) in [5.74, 6) is 1.71. The number of nitrogens with zero attached hydrogens (tertiary/aromatic N) is 4. The molecule has 1 aliphatic heterocycles. The van der Waals surface area contributed by atoms with Crippen LogP contribution in [0.2, 0.25) is 5.28 Å². The Morgan fingerprint density at radius 2 is 2.10 bits per heavy atom. The van der Waals surface area contributed by atoms with Gasteiger partial charge in [0.25, 0.3) is 0 Å². The molecular formula is C12H17ClN6O. The third-order valence-corrected chi connectivity index (χ3v) is 3.62. The van der Waals surface area contributed by atoms with Crippen LogP contribution in [0.3, 0.4) is 0 Å². The zero-order valence-electron chi connectivity index (χ0n) is 11.3. The fourth-order valence-electron chi connectivity index (χ4n) is 2.22. The summed E-state index contributed by atoms with van der Waals surface area (Å²) in [5.41, 5.74) is 7.08. The first-order valence-electron chi connectivity index (χ1n) is 6.65. The van der Waals surface area contributed by atoms with Crippen LogP contribution < -0.4 is 10.6 Å². The van der Waals surface area contributed by atoms with E-state index in [2.05, 4.69) is 24.8 Å². The summed E-state index contributed by atoms with van der Waals surface area (Å²) >= 11 is 6.01. The van der Waals surface area contributed by atoms with Gasteiger partial charge in [-0.1, -0.05) is 6.92 Å². The topological polar surface area (TPSA) is 92.9 Å². The lowest BCUT2D eigenvalue weighted by atomic mass is 10.2. The summed E-state index contributed by atoms with van der Waals surface area (Å²) in [6, 6.07) is 0. The summed E-state index contributed by atoms with van der Waals surface area (Å²) < 4.78 is 5.36. The first-order chi connectivity index (χ1) is 9.69. The van der Waals surface area contributed by atoms with Crippen molar-refractivity contribution in [3.8, 4) is 0 Å². The number of nitrogens with one attached hydrogen (secondary N) is 1. The minimum absolute atomic E-state index is 0.139. The number of H-pyrrole nitrogens is 1. The molecule has 3 rings (SSSR count). The van der Waals surface area contributed by atoms with E-state index in [-0.39, 0.29) is 11.2 Å². The Hall–Kier alpha value is -1.44. The van der Waals surface area contributed by atoms with Crippen molar-refractivity contribution in [2.24, 2.45) is 5.73 Å². The maximum absolute atomic E-state index is 6.01. The van der Waals surface area contributed by atoms with Gasteiger partial charge in [0.05, 0.1) is 13.2 Å². The number of rotatable bonds is 3. The monoisotopic (exact) mass is 296 g/mol. The average molecular weight is 297 g/mol. The minimum atomic E-state index is 0.139. The first kappa shape index (κ1) is 13.5.